The Balaban J connectivity index is 1.67. The maximum atomic E-state index is 12.4. The van der Waals surface area contributed by atoms with Crippen molar-refractivity contribution in [2.24, 2.45) is 0 Å². The number of fused-ring (bicyclic) bond motifs is 1. The quantitative estimate of drug-likeness (QED) is 0.473. The minimum absolute atomic E-state index is 0.141. The van der Waals surface area contributed by atoms with E-state index in [1.165, 1.54) is 16.7 Å². The third kappa shape index (κ3) is 4.89. The third-order valence-electron chi connectivity index (χ3n) is 4.09. The number of ether oxygens (including phenoxy) is 1. The Morgan fingerprint density at radius 3 is 2.30 bits per heavy atom. The molecule has 0 aliphatic rings. The van der Waals surface area contributed by atoms with Crippen molar-refractivity contribution in [2.75, 3.05) is 19.8 Å². The number of esters is 1. The Kier molecular flexibility index (Phi) is 6.14. The van der Waals surface area contributed by atoms with Crippen molar-refractivity contribution < 1.29 is 14.3 Å². The van der Waals surface area contributed by atoms with Gasteiger partial charge in [0.15, 0.2) is 0 Å². The standard InChI is InChI=1S/C22H21NO3S/c1-23(2)22(25)21(17-9-4-3-5-10-17)26-20(24)15-27-19-13-12-16-8-6-7-11-18(16)14-19/h3-14,21H,15H2,1-2H3/t21-/m1/s1. The van der Waals surface area contributed by atoms with Crippen molar-refractivity contribution in [3.63, 3.8) is 0 Å². The Hall–Kier alpha value is -2.79. The molecule has 0 bridgehead atoms. The van der Waals surface area contributed by atoms with Crippen molar-refractivity contribution in [1.82, 2.24) is 4.90 Å². The number of carbonyl (C=O) groups is 2. The number of likely N-dealkylation sites (N-methyl/N-ethyl adjacent to an activating group) is 1. The molecule has 3 aromatic carbocycles. The summed E-state index contributed by atoms with van der Waals surface area (Å²) in [6.45, 7) is 0. The van der Waals surface area contributed by atoms with Crippen LogP contribution < -0.4 is 0 Å². The van der Waals surface area contributed by atoms with Crippen molar-refractivity contribution in [1.29, 1.82) is 0 Å². The highest BCUT2D eigenvalue weighted by Gasteiger charge is 2.26. The molecule has 0 fully saturated rings. The molecule has 0 saturated carbocycles. The molecule has 0 radical (unpaired) electrons. The second kappa shape index (κ2) is 8.73. The van der Waals surface area contributed by atoms with Crippen molar-refractivity contribution in [3.05, 3.63) is 78.4 Å². The fraction of sp³-hybridized carbons (Fsp3) is 0.182. The first-order valence-corrected chi connectivity index (χ1v) is 9.60. The molecule has 1 amide bonds. The molecule has 0 unspecified atom stereocenters. The highest BCUT2D eigenvalue weighted by Crippen LogP contribution is 2.25. The van der Waals surface area contributed by atoms with E-state index in [1.54, 1.807) is 26.2 Å². The first-order valence-electron chi connectivity index (χ1n) is 8.62. The Labute approximate surface area is 163 Å². The molecular weight excluding hydrogens is 358 g/mol. The van der Waals surface area contributed by atoms with Crippen LogP contribution in [0.25, 0.3) is 10.8 Å². The maximum Gasteiger partial charge on any atom is 0.317 e. The molecule has 0 saturated heterocycles. The van der Waals surface area contributed by atoms with Gasteiger partial charge in [-0.2, -0.15) is 0 Å². The van der Waals surface area contributed by atoms with E-state index in [2.05, 4.69) is 6.07 Å². The molecule has 5 heteroatoms. The Morgan fingerprint density at radius 1 is 0.926 bits per heavy atom. The van der Waals surface area contributed by atoms with Gasteiger partial charge in [-0.25, -0.2) is 0 Å². The molecule has 138 valence electrons. The third-order valence-corrected chi connectivity index (χ3v) is 5.06. The van der Waals surface area contributed by atoms with Crippen LogP contribution in [0.3, 0.4) is 0 Å². The summed E-state index contributed by atoms with van der Waals surface area (Å²) in [5, 5.41) is 2.28. The van der Waals surface area contributed by atoms with Crippen molar-refractivity contribution in [3.8, 4) is 0 Å². The molecule has 3 aromatic rings. The Bertz CT molecular complexity index is 940. The average Bonchev–Trinajstić information content (AvgIpc) is 2.70. The number of amides is 1. The summed E-state index contributed by atoms with van der Waals surface area (Å²) >= 11 is 1.40. The van der Waals surface area contributed by atoms with E-state index in [9.17, 15) is 9.59 Å². The van der Waals surface area contributed by atoms with E-state index in [-0.39, 0.29) is 11.7 Å². The van der Waals surface area contributed by atoms with E-state index < -0.39 is 12.1 Å². The summed E-state index contributed by atoms with van der Waals surface area (Å²) in [4.78, 5) is 27.2. The lowest BCUT2D eigenvalue weighted by Crippen LogP contribution is -2.31. The first-order chi connectivity index (χ1) is 13.0. The number of hydrogen-bond donors (Lipinski definition) is 0. The summed E-state index contributed by atoms with van der Waals surface area (Å²) in [6.07, 6.45) is -0.925. The molecule has 1 atom stereocenters. The number of hydrogen-bond acceptors (Lipinski definition) is 4. The SMILES string of the molecule is CN(C)C(=O)[C@H](OC(=O)CSc1ccc2ccccc2c1)c1ccccc1. The number of benzene rings is 3. The van der Waals surface area contributed by atoms with Gasteiger partial charge in [-0.3, -0.25) is 9.59 Å². The number of rotatable bonds is 6. The van der Waals surface area contributed by atoms with Gasteiger partial charge in [0.1, 0.15) is 0 Å². The molecule has 0 N–H and O–H groups in total. The normalized spacial score (nSPS) is 11.8. The van der Waals surface area contributed by atoms with Gasteiger partial charge in [0.05, 0.1) is 5.75 Å². The molecule has 0 aliphatic heterocycles. The summed E-state index contributed by atoms with van der Waals surface area (Å²) in [7, 11) is 3.30. The number of thioether (sulfide) groups is 1. The predicted molar refractivity (Wildman–Crippen MR) is 109 cm³/mol. The second-order valence-corrected chi connectivity index (χ2v) is 7.36. The van der Waals surface area contributed by atoms with Crippen LogP contribution in [-0.2, 0) is 14.3 Å². The summed E-state index contributed by atoms with van der Waals surface area (Å²) in [5.41, 5.74) is 0.667. The van der Waals surface area contributed by atoms with Gasteiger partial charge in [-0.1, -0.05) is 60.7 Å². The van der Waals surface area contributed by atoms with Gasteiger partial charge in [0, 0.05) is 24.6 Å². The van der Waals surface area contributed by atoms with E-state index in [0.717, 1.165) is 15.7 Å². The monoisotopic (exact) mass is 379 g/mol. The lowest BCUT2D eigenvalue weighted by Gasteiger charge is -2.21. The molecule has 0 aliphatic carbocycles. The Morgan fingerprint density at radius 2 is 1.59 bits per heavy atom. The van der Waals surface area contributed by atoms with E-state index in [4.69, 9.17) is 4.74 Å². The second-order valence-electron chi connectivity index (χ2n) is 6.31. The van der Waals surface area contributed by atoms with Crippen LogP contribution in [0.1, 0.15) is 11.7 Å². The molecule has 4 nitrogen and oxygen atoms in total. The van der Waals surface area contributed by atoms with E-state index in [1.807, 2.05) is 54.6 Å². The zero-order valence-corrected chi connectivity index (χ0v) is 16.1. The van der Waals surface area contributed by atoms with Crippen LogP contribution in [0, 0.1) is 0 Å². The molecule has 27 heavy (non-hydrogen) atoms. The minimum Gasteiger partial charge on any atom is -0.447 e. The first kappa shape index (κ1) is 19.0. The van der Waals surface area contributed by atoms with Crippen LogP contribution in [0.15, 0.2) is 77.7 Å². The molecule has 3 rings (SSSR count). The number of nitrogens with zero attached hydrogens (tertiary/aromatic N) is 1. The van der Waals surface area contributed by atoms with Crippen molar-refractivity contribution in [2.45, 2.75) is 11.0 Å². The molecule has 0 aromatic heterocycles. The zero-order valence-electron chi connectivity index (χ0n) is 15.3. The van der Waals surface area contributed by atoms with Gasteiger partial charge in [-0.05, 0) is 22.9 Å². The van der Waals surface area contributed by atoms with Crippen LogP contribution >= 0.6 is 11.8 Å². The van der Waals surface area contributed by atoms with Gasteiger partial charge < -0.3 is 9.64 Å². The van der Waals surface area contributed by atoms with Gasteiger partial charge in [-0.15, -0.1) is 11.8 Å². The lowest BCUT2D eigenvalue weighted by molar-refractivity contribution is -0.157. The maximum absolute atomic E-state index is 12.4. The predicted octanol–water partition coefficient (Wildman–Crippen LogP) is 4.30. The van der Waals surface area contributed by atoms with Crippen LogP contribution in [-0.4, -0.2) is 36.6 Å². The average molecular weight is 379 g/mol. The molecular formula is C22H21NO3S. The van der Waals surface area contributed by atoms with Gasteiger partial charge in [0.25, 0.3) is 5.91 Å². The minimum atomic E-state index is -0.925. The van der Waals surface area contributed by atoms with E-state index >= 15 is 0 Å². The highest BCUT2D eigenvalue weighted by molar-refractivity contribution is 8.00. The summed E-state index contributed by atoms with van der Waals surface area (Å²) in [5.74, 6) is -0.537. The molecule has 0 spiro atoms. The van der Waals surface area contributed by atoms with Crippen LogP contribution in [0.2, 0.25) is 0 Å². The van der Waals surface area contributed by atoms with E-state index in [0.29, 0.717) is 5.56 Å². The molecule has 0 heterocycles. The van der Waals surface area contributed by atoms with Gasteiger partial charge in [0.2, 0.25) is 6.10 Å². The van der Waals surface area contributed by atoms with Crippen LogP contribution in [0.4, 0.5) is 0 Å². The fourth-order valence-electron chi connectivity index (χ4n) is 2.69. The van der Waals surface area contributed by atoms with Gasteiger partial charge >= 0.3 is 5.97 Å². The largest absolute Gasteiger partial charge is 0.447 e. The zero-order chi connectivity index (χ0) is 19.2. The highest BCUT2D eigenvalue weighted by atomic mass is 32.2. The number of carbonyl (C=O) groups excluding carboxylic acids is 2. The lowest BCUT2D eigenvalue weighted by atomic mass is 10.1. The smallest absolute Gasteiger partial charge is 0.317 e. The van der Waals surface area contributed by atoms with Crippen LogP contribution in [0.5, 0.6) is 0 Å². The summed E-state index contributed by atoms with van der Waals surface area (Å²) < 4.78 is 5.52. The fourth-order valence-corrected chi connectivity index (χ4v) is 3.42. The van der Waals surface area contributed by atoms with Crippen molar-refractivity contribution >= 4 is 34.4 Å². The summed E-state index contributed by atoms with van der Waals surface area (Å²) in [6, 6.07) is 23.2. The topological polar surface area (TPSA) is 46.6 Å².